The third kappa shape index (κ3) is 2.75. The van der Waals surface area contributed by atoms with E-state index in [9.17, 15) is 4.79 Å². The van der Waals surface area contributed by atoms with Crippen LogP contribution in [0.1, 0.15) is 41.4 Å². The van der Waals surface area contributed by atoms with Gasteiger partial charge in [-0.25, -0.2) is 0 Å². The highest BCUT2D eigenvalue weighted by Gasteiger charge is 2.28. The molecule has 1 aromatic rings. The second-order valence-corrected chi connectivity index (χ2v) is 5.75. The fourth-order valence-corrected chi connectivity index (χ4v) is 3.60. The second-order valence-electron chi connectivity index (χ2n) is 4.83. The molecule has 18 heavy (non-hydrogen) atoms. The monoisotopic (exact) mass is 266 g/mol. The van der Waals surface area contributed by atoms with Crippen LogP contribution >= 0.6 is 11.3 Å². The molecule has 0 aliphatic carbocycles. The van der Waals surface area contributed by atoms with Gasteiger partial charge in [-0.05, 0) is 49.7 Å². The number of thiophene rings is 1. The van der Waals surface area contributed by atoms with Crippen LogP contribution in [-0.4, -0.2) is 37.0 Å². The Morgan fingerprint density at radius 3 is 3.11 bits per heavy atom. The minimum atomic E-state index is 0.238. The fourth-order valence-electron chi connectivity index (χ4n) is 2.65. The summed E-state index contributed by atoms with van der Waals surface area (Å²) >= 11 is 1.58. The molecule has 4 heteroatoms. The Labute approximate surface area is 113 Å². The zero-order valence-corrected chi connectivity index (χ0v) is 12.1. The number of amides is 1. The van der Waals surface area contributed by atoms with E-state index in [4.69, 9.17) is 0 Å². The molecular weight excluding hydrogens is 244 g/mol. The van der Waals surface area contributed by atoms with Crippen molar-refractivity contribution in [2.75, 3.05) is 20.1 Å². The summed E-state index contributed by atoms with van der Waals surface area (Å²) in [7, 11) is 1.96. The Bertz CT molecular complexity index is 400. The lowest BCUT2D eigenvalue weighted by atomic mass is 10.0. The molecule has 3 nitrogen and oxygen atoms in total. The molecule has 1 aliphatic rings. The summed E-state index contributed by atoms with van der Waals surface area (Å²) in [5, 5.41) is 5.24. The molecule has 0 saturated carbocycles. The Hall–Kier alpha value is -0.870. The van der Waals surface area contributed by atoms with Crippen LogP contribution in [-0.2, 0) is 6.42 Å². The lowest BCUT2D eigenvalue weighted by Gasteiger charge is -2.35. The molecule has 1 amide bonds. The van der Waals surface area contributed by atoms with Crippen molar-refractivity contribution < 1.29 is 4.79 Å². The Morgan fingerprint density at radius 1 is 1.56 bits per heavy atom. The number of hydrogen-bond acceptors (Lipinski definition) is 3. The average Bonchev–Trinajstić information content (AvgIpc) is 2.87. The molecule has 1 aromatic heterocycles. The van der Waals surface area contributed by atoms with Crippen LogP contribution in [0.3, 0.4) is 0 Å². The molecule has 2 rings (SSSR count). The third-order valence-electron chi connectivity index (χ3n) is 3.65. The van der Waals surface area contributed by atoms with Gasteiger partial charge in [0.25, 0.3) is 5.91 Å². The summed E-state index contributed by atoms with van der Waals surface area (Å²) < 4.78 is 0. The van der Waals surface area contributed by atoms with Gasteiger partial charge in [-0.1, -0.05) is 6.92 Å². The number of hydrogen-bond donors (Lipinski definition) is 1. The summed E-state index contributed by atoms with van der Waals surface area (Å²) in [5.41, 5.74) is 1.19. The van der Waals surface area contributed by atoms with E-state index in [2.05, 4.69) is 23.2 Å². The number of piperidine rings is 1. The van der Waals surface area contributed by atoms with Gasteiger partial charge in [0.05, 0.1) is 4.88 Å². The molecular formula is C14H22N2OS. The van der Waals surface area contributed by atoms with Crippen molar-refractivity contribution in [1.29, 1.82) is 0 Å². The van der Waals surface area contributed by atoms with Crippen molar-refractivity contribution >= 4 is 17.2 Å². The minimum Gasteiger partial charge on any atom is -0.334 e. The Kier molecular flexibility index (Phi) is 4.78. The highest BCUT2D eigenvalue weighted by atomic mass is 32.1. The standard InChI is InChI=1S/C14H22N2OS/c1-3-11-7-9-18-13(11)14(17)16-8-5-4-6-12(16)10-15-2/h7,9,12,15H,3-6,8,10H2,1-2H3. The van der Waals surface area contributed by atoms with E-state index in [1.54, 1.807) is 11.3 Å². The first-order valence-electron chi connectivity index (χ1n) is 6.79. The molecule has 1 N–H and O–H groups in total. The van der Waals surface area contributed by atoms with Gasteiger partial charge < -0.3 is 10.2 Å². The quantitative estimate of drug-likeness (QED) is 0.908. The summed E-state index contributed by atoms with van der Waals surface area (Å²) in [5.74, 6) is 0.238. The maximum Gasteiger partial charge on any atom is 0.264 e. The van der Waals surface area contributed by atoms with E-state index in [1.165, 1.54) is 12.0 Å². The zero-order chi connectivity index (χ0) is 13.0. The summed E-state index contributed by atoms with van der Waals surface area (Å²) in [6.07, 6.45) is 4.44. The van der Waals surface area contributed by atoms with Gasteiger partial charge in [0.2, 0.25) is 0 Å². The van der Waals surface area contributed by atoms with Crippen molar-refractivity contribution in [1.82, 2.24) is 10.2 Å². The van der Waals surface area contributed by atoms with Gasteiger partial charge in [0.15, 0.2) is 0 Å². The molecule has 1 atom stereocenters. The van der Waals surface area contributed by atoms with Crippen LogP contribution in [0.15, 0.2) is 11.4 Å². The van der Waals surface area contributed by atoms with Gasteiger partial charge in [-0.15, -0.1) is 11.3 Å². The highest BCUT2D eigenvalue weighted by Crippen LogP contribution is 2.24. The van der Waals surface area contributed by atoms with Crippen molar-refractivity contribution in [3.8, 4) is 0 Å². The smallest absolute Gasteiger partial charge is 0.264 e. The van der Waals surface area contributed by atoms with Crippen LogP contribution in [0.25, 0.3) is 0 Å². The van der Waals surface area contributed by atoms with Gasteiger partial charge >= 0.3 is 0 Å². The van der Waals surface area contributed by atoms with Crippen LogP contribution in [0, 0.1) is 0 Å². The van der Waals surface area contributed by atoms with E-state index in [0.29, 0.717) is 6.04 Å². The second kappa shape index (κ2) is 6.34. The minimum absolute atomic E-state index is 0.238. The number of likely N-dealkylation sites (N-methyl/N-ethyl adjacent to an activating group) is 1. The zero-order valence-electron chi connectivity index (χ0n) is 11.2. The topological polar surface area (TPSA) is 32.3 Å². The highest BCUT2D eigenvalue weighted by molar-refractivity contribution is 7.12. The van der Waals surface area contributed by atoms with Gasteiger partial charge in [0.1, 0.15) is 0 Å². The number of likely N-dealkylation sites (tertiary alicyclic amines) is 1. The summed E-state index contributed by atoms with van der Waals surface area (Å²) in [4.78, 5) is 15.7. The largest absolute Gasteiger partial charge is 0.334 e. The molecule has 1 saturated heterocycles. The number of carbonyl (C=O) groups excluding carboxylic acids is 1. The third-order valence-corrected chi connectivity index (χ3v) is 4.59. The Morgan fingerprint density at radius 2 is 2.39 bits per heavy atom. The number of aryl methyl sites for hydroxylation is 1. The van der Waals surface area contributed by atoms with Crippen molar-refractivity contribution in [3.05, 3.63) is 21.9 Å². The predicted octanol–water partition coefficient (Wildman–Crippen LogP) is 2.52. The van der Waals surface area contributed by atoms with Crippen LogP contribution < -0.4 is 5.32 Å². The van der Waals surface area contributed by atoms with E-state index >= 15 is 0 Å². The summed E-state index contributed by atoms with van der Waals surface area (Å²) in [6.45, 7) is 3.92. The number of rotatable bonds is 4. The van der Waals surface area contributed by atoms with E-state index in [1.807, 2.05) is 12.4 Å². The SMILES string of the molecule is CCc1ccsc1C(=O)N1CCCCC1CNC. The number of carbonyl (C=O) groups is 1. The molecule has 1 unspecified atom stereocenters. The average molecular weight is 266 g/mol. The molecule has 0 aromatic carbocycles. The molecule has 0 bridgehead atoms. The van der Waals surface area contributed by atoms with E-state index in [0.717, 1.165) is 37.2 Å². The van der Waals surface area contributed by atoms with Crippen LogP contribution in [0.5, 0.6) is 0 Å². The molecule has 100 valence electrons. The predicted molar refractivity (Wildman–Crippen MR) is 76.3 cm³/mol. The number of nitrogens with zero attached hydrogens (tertiary/aromatic N) is 1. The molecule has 2 heterocycles. The van der Waals surface area contributed by atoms with Crippen molar-refractivity contribution in [2.45, 2.75) is 38.6 Å². The van der Waals surface area contributed by atoms with Crippen molar-refractivity contribution in [3.63, 3.8) is 0 Å². The van der Waals surface area contributed by atoms with Crippen molar-refractivity contribution in [2.24, 2.45) is 0 Å². The Balaban J connectivity index is 2.15. The lowest BCUT2D eigenvalue weighted by Crippen LogP contribution is -2.48. The lowest BCUT2D eigenvalue weighted by molar-refractivity contribution is 0.0619. The van der Waals surface area contributed by atoms with E-state index in [-0.39, 0.29) is 5.91 Å². The molecule has 1 fully saturated rings. The molecule has 1 aliphatic heterocycles. The maximum absolute atomic E-state index is 12.6. The normalized spacial score (nSPS) is 20.1. The fraction of sp³-hybridized carbons (Fsp3) is 0.643. The molecule has 0 radical (unpaired) electrons. The first kappa shape index (κ1) is 13.6. The van der Waals surface area contributed by atoms with E-state index < -0.39 is 0 Å². The number of nitrogens with one attached hydrogen (secondary N) is 1. The van der Waals surface area contributed by atoms with Crippen LogP contribution in [0.2, 0.25) is 0 Å². The maximum atomic E-state index is 12.6. The van der Waals surface area contributed by atoms with Gasteiger partial charge in [0, 0.05) is 19.1 Å². The van der Waals surface area contributed by atoms with Gasteiger partial charge in [-0.3, -0.25) is 4.79 Å². The first-order chi connectivity index (χ1) is 8.77. The van der Waals surface area contributed by atoms with Crippen LogP contribution in [0.4, 0.5) is 0 Å². The van der Waals surface area contributed by atoms with Gasteiger partial charge in [-0.2, -0.15) is 0 Å². The summed E-state index contributed by atoms with van der Waals surface area (Å²) in [6, 6.07) is 2.44. The first-order valence-corrected chi connectivity index (χ1v) is 7.67. The molecule has 0 spiro atoms.